The zero-order valence-corrected chi connectivity index (χ0v) is 12.5. The van der Waals surface area contributed by atoms with E-state index in [1.165, 1.54) is 0 Å². The molecule has 1 aromatic rings. The number of ether oxygens (including phenoxy) is 1. The molecule has 0 fully saturated rings. The highest BCUT2D eigenvalue weighted by Crippen LogP contribution is 2.13. The van der Waals surface area contributed by atoms with Crippen LogP contribution in [-0.4, -0.2) is 32.5 Å². The fourth-order valence-electron chi connectivity index (χ4n) is 1.74. The highest BCUT2D eigenvalue weighted by molar-refractivity contribution is 5.90. The Hall–Kier alpha value is -1.84. The highest BCUT2D eigenvalue weighted by atomic mass is 16.5. The van der Waals surface area contributed by atoms with Crippen molar-refractivity contribution in [3.05, 3.63) is 29.8 Å². The second-order valence-corrected chi connectivity index (χ2v) is 4.97. The van der Waals surface area contributed by atoms with Gasteiger partial charge in [0.1, 0.15) is 5.78 Å². The summed E-state index contributed by atoms with van der Waals surface area (Å²) < 4.78 is 5.11. The van der Waals surface area contributed by atoms with Gasteiger partial charge in [-0.3, -0.25) is 4.79 Å². The maximum Gasteiger partial charge on any atom is 0.338 e. The van der Waals surface area contributed by atoms with Crippen LogP contribution in [0.2, 0.25) is 0 Å². The van der Waals surface area contributed by atoms with Gasteiger partial charge in [-0.1, -0.05) is 13.3 Å². The van der Waals surface area contributed by atoms with Crippen LogP contribution in [0.1, 0.15) is 43.0 Å². The van der Waals surface area contributed by atoms with Gasteiger partial charge in [-0.25, -0.2) is 4.79 Å². The molecule has 1 rings (SSSR count). The van der Waals surface area contributed by atoms with E-state index in [0.717, 1.165) is 18.5 Å². The highest BCUT2D eigenvalue weighted by Gasteiger charge is 2.08. The van der Waals surface area contributed by atoms with E-state index in [2.05, 4.69) is 0 Å². The first-order valence-corrected chi connectivity index (χ1v) is 7.00. The molecule has 1 aromatic carbocycles. The van der Waals surface area contributed by atoms with Gasteiger partial charge in [0.05, 0.1) is 12.2 Å². The monoisotopic (exact) mass is 277 g/mol. The third-order valence-corrected chi connectivity index (χ3v) is 3.04. The SMILES string of the molecule is CCCCC(=O)CCOC(=O)c1ccc(N(C)C)cc1. The summed E-state index contributed by atoms with van der Waals surface area (Å²) >= 11 is 0. The molecule has 0 aromatic heterocycles. The predicted molar refractivity (Wildman–Crippen MR) is 80.2 cm³/mol. The summed E-state index contributed by atoms with van der Waals surface area (Å²) in [7, 11) is 3.88. The first-order chi connectivity index (χ1) is 9.54. The fourth-order valence-corrected chi connectivity index (χ4v) is 1.74. The van der Waals surface area contributed by atoms with Crippen LogP contribution >= 0.6 is 0 Å². The second-order valence-electron chi connectivity index (χ2n) is 4.97. The van der Waals surface area contributed by atoms with Gasteiger partial charge in [0.15, 0.2) is 0 Å². The minimum Gasteiger partial charge on any atom is -0.462 e. The van der Waals surface area contributed by atoms with Crippen LogP contribution in [0, 0.1) is 0 Å². The van der Waals surface area contributed by atoms with Crippen molar-refractivity contribution in [2.75, 3.05) is 25.6 Å². The number of Topliss-reactive ketones (excluding diaryl/α,β-unsaturated/α-hetero) is 1. The lowest BCUT2D eigenvalue weighted by Crippen LogP contribution is -2.11. The third-order valence-electron chi connectivity index (χ3n) is 3.04. The summed E-state index contributed by atoms with van der Waals surface area (Å²) in [5, 5.41) is 0. The smallest absolute Gasteiger partial charge is 0.338 e. The van der Waals surface area contributed by atoms with Gasteiger partial charge < -0.3 is 9.64 Å². The summed E-state index contributed by atoms with van der Waals surface area (Å²) in [5.74, 6) is -0.221. The molecule has 0 bridgehead atoms. The number of anilines is 1. The van der Waals surface area contributed by atoms with Crippen LogP contribution in [0.3, 0.4) is 0 Å². The van der Waals surface area contributed by atoms with Gasteiger partial charge in [0.25, 0.3) is 0 Å². The minimum absolute atomic E-state index is 0.155. The van der Waals surface area contributed by atoms with Crippen molar-refractivity contribution in [1.82, 2.24) is 0 Å². The molecular formula is C16H23NO3. The first-order valence-electron chi connectivity index (χ1n) is 7.00. The molecule has 0 unspecified atom stereocenters. The molecular weight excluding hydrogens is 254 g/mol. The van der Waals surface area contributed by atoms with Crippen molar-refractivity contribution in [3.8, 4) is 0 Å². The maximum atomic E-state index is 11.8. The number of esters is 1. The molecule has 0 aliphatic rings. The van der Waals surface area contributed by atoms with Crippen molar-refractivity contribution >= 4 is 17.4 Å². The van der Waals surface area contributed by atoms with Gasteiger partial charge in [0, 0.05) is 32.6 Å². The lowest BCUT2D eigenvalue weighted by molar-refractivity contribution is -0.119. The lowest BCUT2D eigenvalue weighted by atomic mass is 10.1. The molecule has 0 amide bonds. The molecule has 0 atom stereocenters. The zero-order chi connectivity index (χ0) is 15.0. The minimum atomic E-state index is -0.376. The van der Waals surface area contributed by atoms with E-state index in [1.54, 1.807) is 12.1 Å². The number of hydrogen-bond acceptors (Lipinski definition) is 4. The Bertz CT molecular complexity index is 438. The third kappa shape index (κ3) is 5.43. The summed E-state index contributed by atoms with van der Waals surface area (Å²) in [4.78, 5) is 25.2. The molecule has 4 nitrogen and oxygen atoms in total. The number of nitrogens with zero attached hydrogens (tertiary/aromatic N) is 1. The largest absolute Gasteiger partial charge is 0.462 e. The molecule has 0 saturated carbocycles. The van der Waals surface area contributed by atoms with Gasteiger partial charge >= 0.3 is 5.97 Å². The van der Waals surface area contributed by atoms with E-state index >= 15 is 0 Å². The molecule has 20 heavy (non-hydrogen) atoms. The van der Waals surface area contributed by atoms with Crippen molar-refractivity contribution in [1.29, 1.82) is 0 Å². The maximum absolute atomic E-state index is 11.8. The second kappa shape index (κ2) is 8.35. The van der Waals surface area contributed by atoms with Gasteiger partial charge in [-0.15, -0.1) is 0 Å². The van der Waals surface area contributed by atoms with Crippen molar-refractivity contribution in [3.63, 3.8) is 0 Å². The van der Waals surface area contributed by atoms with Gasteiger partial charge in [0.2, 0.25) is 0 Å². The Morgan fingerprint density at radius 1 is 1.10 bits per heavy atom. The van der Waals surface area contributed by atoms with Crippen molar-refractivity contribution < 1.29 is 14.3 Å². The zero-order valence-electron chi connectivity index (χ0n) is 12.5. The molecule has 0 aliphatic heterocycles. The van der Waals surface area contributed by atoms with Crippen LogP contribution in [0.5, 0.6) is 0 Å². The van der Waals surface area contributed by atoms with Crippen molar-refractivity contribution in [2.24, 2.45) is 0 Å². The quantitative estimate of drug-likeness (QED) is 0.685. The number of ketones is 1. The molecule has 4 heteroatoms. The molecule has 0 heterocycles. The molecule has 0 spiro atoms. The van der Waals surface area contributed by atoms with Crippen LogP contribution in [-0.2, 0) is 9.53 Å². The lowest BCUT2D eigenvalue weighted by Gasteiger charge is -2.12. The van der Waals surface area contributed by atoms with Gasteiger partial charge in [-0.05, 0) is 30.7 Å². The Labute approximate surface area is 120 Å². The Morgan fingerprint density at radius 2 is 1.75 bits per heavy atom. The number of carbonyl (C=O) groups is 2. The number of benzene rings is 1. The summed E-state index contributed by atoms with van der Waals surface area (Å²) in [6.45, 7) is 2.21. The summed E-state index contributed by atoms with van der Waals surface area (Å²) in [6.07, 6.45) is 2.79. The predicted octanol–water partition coefficient (Wildman–Crippen LogP) is 3.06. The summed E-state index contributed by atoms with van der Waals surface area (Å²) in [5.41, 5.74) is 1.54. The Morgan fingerprint density at radius 3 is 2.30 bits per heavy atom. The van der Waals surface area contributed by atoms with E-state index in [0.29, 0.717) is 18.4 Å². The molecule has 0 saturated heterocycles. The number of unbranched alkanes of at least 4 members (excludes halogenated alkanes) is 1. The molecule has 0 N–H and O–H groups in total. The number of rotatable bonds is 8. The summed E-state index contributed by atoms with van der Waals surface area (Å²) in [6, 6.07) is 7.19. The normalized spacial score (nSPS) is 10.2. The molecule has 110 valence electrons. The van der Waals surface area contributed by atoms with E-state index in [4.69, 9.17) is 4.74 Å². The molecule has 0 aliphatic carbocycles. The average Bonchev–Trinajstić information content (AvgIpc) is 2.45. The van der Waals surface area contributed by atoms with E-state index in [1.807, 2.05) is 38.1 Å². The Kier molecular flexibility index (Phi) is 6.77. The first kappa shape index (κ1) is 16.2. The van der Waals surface area contributed by atoms with Crippen LogP contribution in [0.4, 0.5) is 5.69 Å². The van der Waals surface area contributed by atoms with Crippen LogP contribution < -0.4 is 4.90 Å². The van der Waals surface area contributed by atoms with E-state index < -0.39 is 0 Å². The van der Waals surface area contributed by atoms with Crippen LogP contribution in [0.25, 0.3) is 0 Å². The van der Waals surface area contributed by atoms with E-state index in [-0.39, 0.29) is 18.4 Å². The Balaban J connectivity index is 2.37. The van der Waals surface area contributed by atoms with E-state index in [9.17, 15) is 9.59 Å². The standard InChI is InChI=1S/C16H23NO3/c1-4-5-6-15(18)11-12-20-16(19)13-7-9-14(10-8-13)17(2)3/h7-10H,4-6,11-12H2,1-3H3. The number of carbonyl (C=O) groups excluding carboxylic acids is 2. The van der Waals surface area contributed by atoms with Gasteiger partial charge in [-0.2, -0.15) is 0 Å². The van der Waals surface area contributed by atoms with Crippen LogP contribution in [0.15, 0.2) is 24.3 Å². The topological polar surface area (TPSA) is 46.6 Å². The van der Waals surface area contributed by atoms with Crippen molar-refractivity contribution in [2.45, 2.75) is 32.6 Å². The average molecular weight is 277 g/mol. The number of hydrogen-bond donors (Lipinski definition) is 0. The fraction of sp³-hybridized carbons (Fsp3) is 0.500. The molecule has 0 radical (unpaired) electrons.